The fraction of sp³-hybridized carbons (Fsp3) is 0.375. The van der Waals surface area contributed by atoms with Gasteiger partial charge in [-0.2, -0.15) is 0 Å². The zero-order valence-corrected chi connectivity index (χ0v) is 7.06. The predicted molar refractivity (Wildman–Crippen MR) is 43.8 cm³/mol. The quantitative estimate of drug-likeness (QED) is 0.559. The second-order valence-electron chi connectivity index (χ2n) is 2.68. The number of hydrogen-bond acceptors (Lipinski definition) is 1. The molecule has 0 radical (unpaired) electrons. The highest BCUT2D eigenvalue weighted by atomic mass is 16.2. The van der Waals surface area contributed by atoms with Crippen LogP contribution in [0.4, 0.5) is 4.79 Å². The van der Waals surface area contributed by atoms with Gasteiger partial charge in [-0.1, -0.05) is 6.58 Å². The van der Waals surface area contributed by atoms with Crippen molar-refractivity contribution in [2.24, 2.45) is 0 Å². The average Bonchev–Trinajstić information content (AvgIpc) is 1.97. The summed E-state index contributed by atoms with van der Waals surface area (Å²) in [5.41, 5.74) is 2.69. The summed E-state index contributed by atoms with van der Waals surface area (Å²) in [6.07, 6.45) is 0. The van der Waals surface area contributed by atoms with E-state index in [1.54, 1.807) is 11.9 Å². The van der Waals surface area contributed by atoms with Gasteiger partial charge in [0.15, 0.2) is 0 Å². The van der Waals surface area contributed by atoms with Gasteiger partial charge in [-0.25, -0.2) is 4.79 Å². The lowest BCUT2D eigenvalue weighted by atomic mass is 10.1. The lowest BCUT2D eigenvalue weighted by molar-refractivity contribution is 0.219. The molecule has 3 heteroatoms. The van der Waals surface area contributed by atoms with Crippen LogP contribution in [0.25, 0.3) is 0 Å². The van der Waals surface area contributed by atoms with Crippen molar-refractivity contribution in [3.05, 3.63) is 23.5 Å². The Morgan fingerprint density at radius 1 is 1.45 bits per heavy atom. The Morgan fingerprint density at radius 2 is 2.00 bits per heavy atom. The van der Waals surface area contributed by atoms with Gasteiger partial charge in [-0.3, -0.25) is 0 Å². The number of hydrogen-bond donors (Lipinski definition) is 1. The molecule has 0 bridgehead atoms. The summed E-state index contributed by atoms with van der Waals surface area (Å²) in [7, 11) is 1.74. The molecule has 3 nitrogen and oxygen atoms in total. The van der Waals surface area contributed by atoms with E-state index in [4.69, 9.17) is 0 Å². The van der Waals surface area contributed by atoms with Gasteiger partial charge in [-0.05, 0) is 19.4 Å². The van der Waals surface area contributed by atoms with Gasteiger partial charge in [0, 0.05) is 18.4 Å². The molecular weight excluding hydrogens is 140 g/mol. The van der Waals surface area contributed by atoms with Crippen LogP contribution in [-0.4, -0.2) is 18.0 Å². The van der Waals surface area contributed by atoms with Gasteiger partial charge in [0.25, 0.3) is 0 Å². The van der Waals surface area contributed by atoms with Crippen LogP contribution in [0, 0.1) is 0 Å². The average molecular weight is 152 g/mol. The zero-order valence-electron chi connectivity index (χ0n) is 7.06. The van der Waals surface area contributed by atoms with Gasteiger partial charge in [0.1, 0.15) is 0 Å². The predicted octanol–water partition coefficient (Wildman–Crippen LogP) is 1.45. The second kappa shape index (κ2) is 2.42. The zero-order chi connectivity index (χ0) is 8.59. The monoisotopic (exact) mass is 152 g/mol. The number of nitrogens with zero attached hydrogens (tertiary/aromatic N) is 1. The van der Waals surface area contributed by atoms with E-state index < -0.39 is 0 Å². The molecule has 0 atom stereocenters. The first-order chi connectivity index (χ1) is 5.04. The molecule has 0 spiro atoms. The molecule has 0 fully saturated rings. The van der Waals surface area contributed by atoms with E-state index in [1.165, 1.54) is 0 Å². The van der Waals surface area contributed by atoms with Crippen molar-refractivity contribution in [2.45, 2.75) is 13.8 Å². The molecule has 1 heterocycles. The van der Waals surface area contributed by atoms with Crippen LogP contribution in [0.1, 0.15) is 13.8 Å². The van der Waals surface area contributed by atoms with Crippen LogP contribution >= 0.6 is 0 Å². The van der Waals surface area contributed by atoms with Crippen molar-refractivity contribution in [3.8, 4) is 0 Å². The van der Waals surface area contributed by atoms with E-state index in [1.807, 2.05) is 13.8 Å². The number of carbonyl (C=O) groups is 1. The number of amides is 2. The molecule has 0 aromatic heterocycles. The van der Waals surface area contributed by atoms with Crippen LogP contribution in [0.15, 0.2) is 23.5 Å². The van der Waals surface area contributed by atoms with Gasteiger partial charge in [-0.15, -0.1) is 0 Å². The summed E-state index contributed by atoms with van der Waals surface area (Å²) in [5, 5.41) is 2.64. The molecule has 0 aromatic rings. The minimum Gasteiger partial charge on any atom is -0.308 e. The Hall–Kier alpha value is -1.25. The maximum absolute atomic E-state index is 11.1. The van der Waals surface area contributed by atoms with Gasteiger partial charge < -0.3 is 10.2 Å². The standard InChI is InChI=1S/C8H12N2O/c1-5-6(2)9-8(11)10(4)7(5)3/h2H2,1,3-4H3,(H,9,11). The first-order valence-electron chi connectivity index (χ1n) is 3.45. The topological polar surface area (TPSA) is 32.3 Å². The van der Waals surface area contributed by atoms with E-state index in [9.17, 15) is 4.79 Å². The van der Waals surface area contributed by atoms with Crippen LogP contribution in [0.5, 0.6) is 0 Å². The molecule has 1 aliphatic heterocycles. The van der Waals surface area contributed by atoms with Gasteiger partial charge in [0.2, 0.25) is 0 Å². The SMILES string of the molecule is C=C1NC(=O)N(C)C(C)=C1C. The minimum absolute atomic E-state index is 0.113. The Bertz CT molecular complexity index is 253. The smallest absolute Gasteiger partial charge is 0.308 e. The molecule has 0 aliphatic carbocycles. The lowest BCUT2D eigenvalue weighted by Gasteiger charge is -2.27. The molecule has 0 saturated carbocycles. The molecule has 0 saturated heterocycles. The number of rotatable bonds is 0. The van der Waals surface area contributed by atoms with Crippen LogP contribution in [0.3, 0.4) is 0 Å². The summed E-state index contributed by atoms with van der Waals surface area (Å²) in [4.78, 5) is 12.7. The van der Waals surface area contributed by atoms with E-state index >= 15 is 0 Å². The third kappa shape index (κ3) is 1.13. The summed E-state index contributed by atoms with van der Waals surface area (Å²) in [6.45, 7) is 7.55. The van der Waals surface area contributed by atoms with Crippen molar-refractivity contribution in [3.63, 3.8) is 0 Å². The molecule has 60 valence electrons. The van der Waals surface area contributed by atoms with Crippen molar-refractivity contribution in [1.82, 2.24) is 10.2 Å². The van der Waals surface area contributed by atoms with E-state index in [0.29, 0.717) is 5.70 Å². The van der Waals surface area contributed by atoms with Crippen molar-refractivity contribution in [1.29, 1.82) is 0 Å². The second-order valence-corrected chi connectivity index (χ2v) is 2.68. The molecule has 11 heavy (non-hydrogen) atoms. The Morgan fingerprint density at radius 3 is 2.55 bits per heavy atom. The Labute approximate surface area is 66.4 Å². The molecule has 1 N–H and O–H groups in total. The molecule has 2 amide bonds. The highest BCUT2D eigenvalue weighted by Crippen LogP contribution is 2.17. The minimum atomic E-state index is -0.113. The molecule has 0 aromatic carbocycles. The summed E-state index contributed by atoms with van der Waals surface area (Å²) < 4.78 is 0. The normalized spacial score (nSPS) is 19.0. The third-order valence-corrected chi connectivity index (χ3v) is 2.06. The van der Waals surface area contributed by atoms with E-state index in [0.717, 1.165) is 11.3 Å². The summed E-state index contributed by atoms with van der Waals surface area (Å²) in [6, 6.07) is -0.113. The number of allylic oxidation sites excluding steroid dienone is 2. The fourth-order valence-corrected chi connectivity index (χ4v) is 0.929. The van der Waals surface area contributed by atoms with Gasteiger partial charge in [0.05, 0.1) is 0 Å². The number of nitrogens with one attached hydrogen (secondary N) is 1. The molecule has 1 aliphatic rings. The van der Waals surface area contributed by atoms with Gasteiger partial charge >= 0.3 is 6.03 Å². The first kappa shape index (κ1) is 7.85. The van der Waals surface area contributed by atoms with Crippen molar-refractivity contribution < 1.29 is 4.79 Å². The van der Waals surface area contributed by atoms with E-state index in [2.05, 4.69) is 11.9 Å². The molecule has 1 rings (SSSR count). The maximum atomic E-state index is 11.1. The molecular formula is C8H12N2O. The Kier molecular flexibility index (Phi) is 1.72. The number of urea groups is 1. The highest BCUT2D eigenvalue weighted by Gasteiger charge is 2.19. The Balaban J connectivity index is 3.08. The number of carbonyl (C=O) groups excluding carboxylic acids is 1. The largest absolute Gasteiger partial charge is 0.325 e. The first-order valence-corrected chi connectivity index (χ1v) is 3.45. The van der Waals surface area contributed by atoms with Crippen molar-refractivity contribution >= 4 is 6.03 Å². The highest BCUT2D eigenvalue weighted by molar-refractivity contribution is 5.80. The van der Waals surface area contributed by atoms with Crippen LogP contribution in [0.2, 0.25) is 0 Å². The van der Waals surface area contributed by atoms with Crippen LogP contribution in [-0.2, 0) is 0 Å². The lowest BCUT2D eigenvalue weighted by Crippen LogP contribution is -2.40. The maximum Gasteiger partial charge on any atom is 0.325 e. The van der Waals surface area contributed by atoms with Crippen molar-refractivity contribution in [2.75, 3.05) is 7.05 Å². The van der Waals surface area contributed by atoms with E-state index in [-0.39, 0.29) is 6.03 Å². The molecule has 0 unspecified atom stereocenters. The summed E-state index contributed by atoms with van der Waals surface area (Å²) in [5.74, 6) is 0. The fourth-order valence-electron chi connectivity index (χ4n) is 0.929. The van der Waals surface area contributed by atoms with Crippen LogP contribution < -0.4 is 5.32 Å². The third-order valence-electron chi connectivity index (χ3n) is 2.06. The summed E-state index contributed by atoms with van der Waals surface area (Å²) >= 11 is 0.